The van der Waals surface area contributed by atoms with Gasteiger partial charge in [0.25, 0.3) is 5.91 Å². The van der Waals surface area contributed by atoms with Gasteiger partial charge in [-0.05, 0) is 59.3 Å². The molecule has 6 heteroatoms. The van der Waals surface area contributed by atoms with E-state index in [1.807, 2.05) is 37.3 Å². The standard InChI is InChI=1S/C21H18BrNO3S/c1-14-8-10-16(11-9-14)27(25)18-13-12-17(26-2)19(22)20(18)23-21(24)15-6-4-3-5-7-15/h3-13H,1-2H3,(H,23,24). The van der Waals surface area contributed by atoms with Crippen LogP contribution >= 0.6 is 15.9 Å². The van der Waals surface area contributed by atoms with Crippen molar-refractivity contribution in [3.63, 3.8) is 0 Å². The summed E-state index contributed by atoms with van der Waals surface area (Å²) in [6.07, 6.45) is 0. The second-order valence-electron chi connectivity index (χ2n) is 5.86. The largest absolute Gasteiger partial charge is 0.495 e. The molecule has 0 fully saturated rings. The first kappa shape index (κ1) is 19.3. The molecule has 1 unspecified atom stereocenters. The molecule has 1 N–H and O–H groups in total. The normalized spacial score (nSPS) is 11.7. The molecule has 0 aromatic heterocycles. The summed E-state index contributed by atoms with van der Waals surface area (Å²) in [5.41, 5.74) is 2.03. The Balaban J connectivity index is 2.04. The Morgan fingerprint density at radius 2 is 1.67 bits per heavy atom. The quantitative estimate of drug-likeness (QED) is 0.590. The number of benzene rings is 3. The topological polar surface area (TPSA) is 55.4 Å². The molecule has 0 radical (unpaired) electrons. The zero-order valence-corrected chi connectivity index (χ0v) is 17.3. The van der Waals surface area contributed by atoms with Gasteiger partial charge in [0.15, 0.2) is 0 Å². The highest BCUT2D eigenvalue weighted by Gasteiger charge is 2.20. The zero-order chi connectivity index (χ0) is 19.4. The van der Waals surface area contributed by atoms with Crippen LogP contribution in [0.4, 0.5) is 5.69 Å². The van der Waals surface area contributed by atoms with E-state index in [9.17, 15) is 9.00 Å². The van der Waals surface area contributed by atoms with E-state index in [4.69, 9.17) is 4.74 Å². The number of amides is 1. The summed E-state index contributed by atoms with van der Waals surface area (Å²) in [5, 5.41) is 2.87. The van der Waals surface area contributed by atoms with Crippen LogP contribution < -0.4 is 10.1 Å². The van der Waals surface area contributed by atoms with Crippen molar-refractivity contribution in [3.8, 4) is 5.75 Å². The average molecular weight is 444 g/mol. The predicted molar refractivity (Wildman–Crippen MR) is 111 cm³/mol. The number of methoxy groups -OCH3 is 1. The first-order valence-electron chi connectivity index (χ1n) is 8.22. The van der Waals surface area contributed by atoms with Crippen molar-refractivity contribution >= 4 is 38.3 Å². The lowest BCUT2D eigenvalue weighted by molar-refractivity contribution is 0.102. The fourth-order valence-corrected chi connectivity index (χ4v) is 4.44. The third kappa shape index (κ3) is 4.28. The Morgan fingerprint density at radius 1 is 1.00 bits per heavy atom. The highest BCUT2D eigenvalue weighted by atomic mass is 79.9. The number of nitrogens with one attached hydrogen (secondary N) is 1. The Morgan fingerprint density at radius 3 is 2.30 bits per heavy atom. The molecule has 0 heterocycles. The molecule has 1 amide bonds. The van der Waals surface area contributed by atoms with Crippen LogP contribution in [-0.4, -0.2) is 17.2 Å². The van der Waals surface area contributed by atoms with Gasteiger partial charge in [-0.3, -0.25) is 4.79 Å². The summed E-state index contributed by atoms with van der Waals surface area (Å²) in [4.78, 5) is 13.8. The third-order valence-electron chi connectivity index (χ3n) is 4.00. The number of hydrogen-bond acceptors (Lipinski definition) is 3. The van der Waals surface area contributed by atoms with E-state index in [1.165, 1.54) is 0 Å². The van der Waals surface area contributed by atoms with Crippen LogP contribution in [0, 0.1) is 6.92 Å². The molecule has 138 valence electrons. The number of rotatable bonds is 5. The van der Waals surface area contributed by atoms with Gasteiger partial charge in [-0.25, -0.2) is 4.21 Å². The summed E-state index contributed by atoms with van der Waals surface area (Å²) in [5.74, 6) is 0.259. The predicted octanol–water partition coefficient (Wildman–Crippen LogP) is 5.19. The first-order valence-corrected chi connectivity index (χ1v) is 10.2. The van der Waals surface area contributed by atoms with Crippen LogP contribution in [0.25, 0.3) is 0 Å². The number of hydrogen-bond donors (Lipinski definition) is 1. The van der Waals surface area contributed by atoms with Gasteiger partial charge in [0, 0.05) is 10.5 Å². The molecular weight excluding hydrogens is 426 g/mol. The number of anilines is 1. The zero-order valence-electron chi connectivity index (χ0n) is 14.9. The van der Waals surface area contributed by atoms with Gasteiger partial charge in [-0.15, -0.1) is 0 Å². The van der Waals surface area contributed by atoms with Gasteiger partial charge in [0.1, 0.15) is 5.75 Å². The Hall–Kier alpha value is -2.44. The summed E-state index contributed by atoms with van der Waals surface area (Å²) in [6, 6.07) is 19.8. The van der Waals surface area contributed by atoms with Crippen molar-refractivity contribution in [2.24, 2.45) is 0 Å². The maximum absolute atomic E-state index is 13.1. The lowest BCUT2D eigenvalue weighted by Crippen LogP contribution is -2.14. The molecule has 3 aromatic carbocycles. The van der Waals surface area contributed by atoms with Crippen LogP contribution in [0.15, 0.2) is 81.0 Å². The van der Waals surface area contributed by atoms with Gasteiger partial charge in [-0.2, -0.15) is 0 Å². The lowest BCUT2D eigenvalue weighted by Gasteiger charge is -2.15. The molecular formula is C21H18BrNO3S. The number of carbonyl (C=O) groups is 1. The summed E-state index contributed by atoms with van der Waals surface area (Å²) in [7, 11) is 0.0809. The van der Waals surface area contributed by atoms with Crippen molar-refractivity contribution in [2.75, 3.05) is 12.4 Å². The van der Waals surface area contributed by atoms with Crippen LogP contribution in [-0.2, 0) is 10.8 Å². The van der Waals surface area contributed by atoms with Gasteiger partial charge in [0.05, 0.1) is 33.0 Å². The van der Waals surface area contributed by atoms with Crippen molar-refractivity contribution in [3.05, 3.63) is 82.3 Å². The van der Waals surface area contributed by atoms with Crippen LogP contribution in [0.5, 0.6) is 5.75 Å². The van der Waals surface area contributed by atoms with E-state index in [0.717, 1.165) is 5.56 Å². The molecule has 3 aromatic rings. The molecule has 0 spiro atoms. The second kappa shape index (κ2) is 8.50. The Bertz CT molecular complexity index is 988. The molecule has 3 rings (SSSR count). The number of ether oxygens (including phenoxy) is 1. The van der Waals surface area contributed by atoms with E-state index in [2.05, 4.69) is 21.2 Å². The van der Waals surface area contributed by atoms with Crippen molar-refractivity contribution < 1.29 is 13.7 Å². The maximum atomic E-state index is 13.1. The molecule has 0 aliphatic carbocycles. The van der Waals surface area contributed by atoms with E-state index in [-0.39, 0.29) is 5.91 Å². The summed E-state index contributed by atoms with van der Waals surface area (Å²) >= 11 is 3.47. The van der Waals surface area contributed by atoms with Gasteiger partial charge < -0.3 is 10.1 Å². The minimum absolute atomic E-state index is 0.285. The Labute approximate surface area is 169 Å². The van der Waals surface area contributed by atoms with E-state index >= 15 is 0 Å². The molecule has 0 saturated carbocycles. The van der Waals surface area contributed by atoms with Crippen LogP contribution in [0.2, 0.25) is 0 Å². The molecule has 0 aliphatic heterocycles. The maximum Gasteiger partial charge on any atom is 0.255 e. The summed E-state index contributed by atoms with van der Waals surface area (Å²) in [6.45, 7) is 1.97. The monoisotopic (exact) mass is 443 g/mol. The number of carbonyl (C=O) groups excluding carboxylic acids is 1. The second-order valence-corrected chi connectivity index (χ2v) is 8.10. The molecule has 4 nitrogen and oxygen atoms in total. The minimum Gasteiger partial charge on any atom is -0.495 e. The fraction of sp³-hybridized carbons (Fsp3) is 0.0952. The van der Waals surface area contributed by atoms with Crippen molar-refractivity contribution in [1.82, 2.24) is 0 Å². The van der Waals surface area contributed by atoms with Crippen LogP contribution in [0.3, 0.4) is 0 Å². The van der Waals surface area contributed by atoms with E-state index in [1.54, 1.807) is 43.5 Å². The minimum atomic E-state index is -1.46. The fourth-order valence-electron chi connectivity index (χ4n) is 2.53. The average Bonchev–Trinajstić information content (AvgIpc) is 2.70. The van der Waals surface area contributed by atoms with E-state index in [0.29, 0.717) is 31.3 Å². The van der Waals surface area contributed by atoms with Crippen molar-refractivity contribution in [2.45, 2.75) is 16.7 Å². The first-order chi connectivity index (χ1) is 13.0. The molecule has 1 atom stereocenters. The highest BCUT2D eigenvalue weighted by Crippen LogP contribution is 2.38. The summed E-state index contributed by atoms with van der Waals surface area (Å²) < 4.78 is 19.0. The van der Waals surface area contributed by atoms with Crippen LogP contribution in [0.1, 0.15) is 15.9 Å². The van der Waals surface area contributed by atoms with Gasteiger partial charge >= 0.3 is 0 Å². The lowest BCUT2D eigenvalue weighted by atomic mass is 10.2. The van der Waals surface area contributed by atoms with Gasteiger partial charge in [0.2, 0.25) is 0 Å². The molecule has 0 aliphatic rings. The smallest absolute Gasteiger partial charge is 0.255 e. The number of aryl methyl sites for hydroxylation is 1. The highest BCUT2D eigenvalue weighted by molar-refractivity contribution is 9.10. The third-order valence-corrected chi connectivity index (χ3v) is 6.22. The number of halogens is 1. The van der Waals surface area contributed by atoms with Gasteiger partial charge in [-0.1, -0.05) is 35.9 Å². The molecule has 0 saturated heterocycles. The molecule has 27 heavy (non-hydrogen) atoms. The SMILES string of the molecule is COc1ccc(S(=O)c2ccc(C)cc2)c(NC(=O)c2ccccc2)c1Br. The Kier molecular flexibility index (Phi) is 6.08. The van der Waals surface area contributed by atoms with Crippen molar-refractivity contribution in [1.29, 1.82) is 0 Å². The van der Waals surface area contributed by atoms with E-state index < -0.39 is 10.8 Å². The molecule has 0 bridgehead atoms.